The summed E-state index contributed by atoms with van der Waals surface area (Å²) in [5.41, 5.74) is 3.12. The molecule has 2 aromatic heterocycles. The second-order valence-corrected chi connectivity index (χ2v) is 7.25. The number of nitrogens with one attached hydrogen (secondary N) is 2. The molecule has 0 radical (unpaired) electrons. The van der Waals surface area contributed by atoms with Crippen LogP contribution in [0.2, 0.25) is 0 Å². The Labute approximate surface area is 176 Å². The zero-order chi connectivity index (χ0) is 20.9. The lowest BCUT2D eigenvalue weighted by molar-refractivity contribution is 0.208. The van der Waals surface area contributed by atoms with Crippen LogP contribution in [0.15, 0.2) is 55.0 Å². The van der Waals surface area contributed by atoms with E-state index in [-0.39, 0.29) is 6.03 Å². The van der Waals surface area contributed by atoms with Crippen molar-refractivity contribution in [1.82, 2.24) is 19.9 Å². The second-order valence-electron chi connectivity index (χ2n) is 7.25. The van der Waals surface area contributed by atoms with Crippen LogP contribution in [0.3, 0.4) is 0 Å². The number of anilines is 4. The van der Waals surface area contributed by atoms with Gasteiger partial charge in [0.1, 0.15) is 23.8 Å². The normalized spacial score (nSPS) is 13.8. The van der Waals surface area contributed by atoms with Crippen molar-refractivity contribution in [3.63, 3.8) is 0 Å². The summed E-state index contributed by atoms with van der Waals surface area (Å²) in [6.45, 7) is 6.74. The largest absolute Gasteiger partial charge is 0.353 e. The fraction of sp³-hybridized carbons (Fsp3) is 0.273. The highest BCUT2D eigenvalue weighted by Gasteiger charge is 2.22. The van der Waals surface area contributed by atoms with E-state index in [0.717, 1.165) is 28.5 Å². The molecule has 3 aromatic rings. The molecule has 0 spiro atoms. The van der Waals surface area contributed by atoms with E-state index in [0.29, 0.717) is 32.0 Å². The summed E-state index contributed by atoms with van der Waals surface area (Å²) in [4.78, 5) is 29.6. The highest BCUT2D eigenvalue weighted by Crippen LogP contribution is 2.21. The van der Waals surface area contributed by atoms with Crippen LogP contribution in [-0.4, -0.2) is 52.1 Å². The minimum atomic E-state index is -0.0662. The van der Waals surface area contributed by atoms with Gasteiger partial charge >= 0.3 is 6.03 Å². The molecule has 3 heterocycles. The Kier molecular flexibility index (Phi) is 5.74. The predicted molar refractivity (Wildman–Crippen MR) is 118 cm³/mol. The van der Waals surface area contributed by atoms with E-state index in [1.54, 1.807) is 12.5 Å². The van der Waals surface area contributed by atoms with Crippen molar-refractivity contribution in [3.8, 4) is 0 Å². The van der Waals surface area contributed by atoms with Crippen LogP contribution in [0, 0.1) is 13.8 Å². The Morgan fingerprint density at radius 3 is 2.53 bits per heavy atom. The molecule has 0 saturated carbocycles. The molecule has 1 saturated heterocycles. The number of hydrogen-bond acceptors (Lipinski definition) is 6. The summed E-state index contributed by atoms with van der Waals surface area (Å²) >= 11 is 0. The number of rotatable bonds is 4. The van der Waals surface area contributed by atoms with E-state index in [1.807, 2.05) is 61.2 Å². The Bertz CT molecular complexity index is 1020. The molecule has 0 unspecified atom stereocenters. The van der Waals surface area contributed by atoms with Gasteiger partial charge in [0, 0.05) is 44.1 Å². The van der Waals surface area contributed by atoms with Crippen molar-refractivity contribution in [2.45, 2.75) is 13.8 Å². The van der Waals surface area contributed by atoms with Gasteiger partial charge in [-0.05, 0) is 43.2 Å². The van der Waals surface area contributed by atoms with Gasteiger partial charge in [-0.3, -0.25) is 0 Å². The molecule has 0 atom stereocenters. The fourth-order valence-electron chi connectivity index (χ4n) is 3.38. The molecule has 2 N–H and O–H groups in total. The zero-order valence-corrected chi connectivity index (χ0v) is 17.2. The summed E-state index contributed by atoms with van der Waals surface area (Å²) in [6.07, 6.45) is 3.27. The lowest BCUT2D eigenvalue weighted by Gasteiger charge is -2.35. The second kappa shape index (κ2) is 8.77. The summed E-state index contributed by atoms with van der Waals surface area (Å²) < 4.78 is 0. The number of hydrogen-bond donors (Lipinski definition) is 2. The van der Waals surface area contributed by atoms with E-state index in [4.69, 9.17) is 0 Å². The van der Waals surface area contributed by atoms with Crippen molar-refractivity contribution >= 4 is 29.2 Å². The molecule has 1 aliphatic heterocycles. The monoisotopic (exact) mass is 403 g/mol. The molecular formula is C22H25N7O. The molecule has 8 heteroatoms. The van der Waals surface area contributed by atoms with Gasteiger partial charge in [0.25, 0.3) is 0 Å². The van der Waals surface area contributed by atoms with Gasteiger partial charge in [0.15, 0.2) is 0 Å². The van der Waals surface area contributed by atoms with E-state index in [1.165, 1.54) is 0 Å². The molecule has 1 aliphatic rings. The van der Waals surface area contributed by atoms with Crippen LogP contribution < -0.4 is 15.5 Å². The van der Waals surface area contributed by atoms with Crippen LogP contribution in [-0.2, 0) is 0 Å². The van der Waals surface area contributed by atoms with Crippen LogP contribution in [0.4, 0.5) is 27.9 Å². The highest BCUT2D eigenvalue weighted by atomic mass is 16.2. The molecule has 1 fully saturated rings. The van der Waals surface area contributed by atoms with E-state index < -0.39 is 0 Å². The van der Waals surface area contributed by atoms with Crippen LogP contribution >= 0.6 is 0 Å². The standard InChI is InChI=1S/C22H25N7O/c1-16-6-5-7-18(17(16)2)26-22(30)29-12-10-28(11-13-29)21-14-20(24-15-25-21)27-19-8-3-4-9-23-19/h3-9,14-15H,10-13H2,1-2H3,(H,26,30)(H,23,24,25,27). The number of piperazine rings is 1. The molecule has 8 nitrogen and oxygen atoms in total. The quantitative estimate of drug-likeness (QED) is 0.692. The molecule has 0 aliphatic carbocycles. The number of nitrogens with zero attached hydrogens (tertiary/aromatic N) is 5. The minimum absolute atomic E-state index is 0.0662. The first-order valence-corrected chi connectivity index (χ1v) is 9.97. The summed E-state index contributed by atoms with van der Waals surface area (Å²) in [5, 5.41) is 6.22. The van der Waals surface area contributed by atoms with Gasteiger partial charge in [0.05, 0.1) is 0 Å². The molecular weight excluding hydrogens is 378 g/mol. The van der Waals surface area contributed by atoms with Crippen LogP contribution in [0.5, 0.6) is 0 Å². The van der Waals surface area contributed by atoms with Crippen molar-refractivity contribution in [3.05, 3.63) is 66.1 Å². The highest BCUT2D eigenvalue weighted by molar-refractivity contribution is 5.90. The number of benzene rings is 1. The third-order valence-corrected chi connectivity index (χ3v) is 5.31. The zero-order valence-electron chi connectivity index (χ0n) is 17.2. The van der Waals surface area contributed by atoms with Crippen LogP contribution in [0.25, 0.3) is 0 Å². The molecule has 4 rings (SSSR count). The maximum absolute atomic E-state index is 12.7. The van der Waals surface area contributed by atoms with Gasteiger partial charge in [-0.1, -0.05) is 18.2 Å². The summed E-state index contributed by atoms with van der Waals surface area (Å²) in [5.74, 6) is 2.25. The summed E-state index contributed by atoms with van der Waals surface area (Å²) in [7, 11) is 0. The Morgan fingerprint density at radius 1 is 0.933 bits per heavy atom. The van der Waals surface area contributed by atoms with Crippen molar-refractivity contribution in [2.75, 3.05) is 41.7 Å². The lowest BCUT2D eigenvalue weighted by atomic mass is 10.1. The third-order valence-electron chi connectivity index (χ3n) is 5.31. The van der Waals surface area contributed by atoms with Crippen molar-refractivity contribution in [1.29, 1.82) is 0 Å². The molecule has 1 aromatic carbocycles. The maximum atomic E-state index is 12.7. The average Bonchev–Trinajstić information content (AvgIpc) is 2.78. The maximum Gasteiger partial charge on any atom is 0.321 e. The number of pyridine rings is 1. The number of amides is 2. The van der Waals surface area contributed by atoms with Gasteiger partial charge < -0.3 is 20.4 Å². The van der Waals surface area contributed by atoms with Gasteiger partial charge in [-0.25, -0.2) is 19.7 Å². The average molecular weight is 403 g/mol. The van der Waals surface area contributed by atoms with Crippen molar-refractivity contribution < 1.29 is 4.79 Å². The van der Waals surface area contributed by atoms with Crippen LogP contribution in [0.1, 0.15) is 11.1 Å². The first kappa shape index (κ1) is 19.6. The first-order valence-electron chi connectivity index (χ1n) is 9.97. The number of urea groups is 1. The topological polar surface area (TPSA) is 86.3 Å². The lowest BCUT2D eigenvalue weighted by Crippen LogP contribution is -2.50. The van der Waals surface area contributed by atoms with Gasteiger partial charge in [-0.2, -0.15) is 0 Å². The Morgan fingerprint density at radius 2 is 1.77 bits per heavy atom. The number of carbonyl (C=O) groups is 1. The van der Waals surface area contributed by atoms with E-state index in [2.05, 4.69) is 30.5 Å². The third kappa shape index (κ3) is 4.48. The van der Waals surface area contributed by atoms with E-state index in [9.17, 15) is 4.79 Å². The molecule has 30 heavy (non-hydrogen) atoms. The predicted octanol–water partition coefficient (Wildman–Crippen LogP) is 3.59. The SMILES string of the molecule is Cc1cccc(NC(=O)N2CCN(c3cc(Nc4ccccn4)ncn3)CC2)c1C. The number of aryl methyl sites for hydroxylation is 1. The Balaban J connectivity index is 1.36. The fourth-order valence-corrected chi connectivity index (χ4v) is 3.38. The van der Waals surface area contributed by atoms with Crippen molar-refractivity contribution in [2.24, 2.45) is 0 Å². The smallest absolute Gasteiger partial charge is 0.321 e. The summed E-state index contributed by atoms with van der Waals surface area (Å²) in [6, 6.07) is 13.4. The van der Waals surface area contributed by atoms with Gasteiger partial charge in [0.2, 0.25) is 0 Å². The van der Waals surface area contributed by atoms with Gasteiger partial charge in [-0.15, -0.1) is 0 Å². The Hall–Kier alpha value is -3.68. The number of carbonyl (C=O) groups excluding carboxylic acids is 1. The first-order chi connectivity index (χ1) is 14.6. The minimum Gasteiger partial charge on any atom is -0.353 e. The number of aromatic nitrogens is 3. The van der Waals surface area contributed by atoms with E-state index >= 15 is 0 Å². The molecule has 154 valence electrons. The molecule has 0 bridgehead atoms. The molecule has 2 amide bonds.